The summed E-state index contributed by atoms with van der Waals surface area (Å²) >= 11 is 0. The molecule has 8 rings (SSSR count). The highest BCUT2D eigenvalue weighted by molar-refractivity contribution is 7.55. The van der Waals surface area contributed by atoms with E-state index in [4.69, 9.17) is 23.3 Å². The summed E-state index contributed by atoms with van der Waals surface area (Å²) in [5, 5.41) is 19.0. The van der Waals surface area contributed by atoms with E-state index in [0.717, 1.165) is 30.5 Å². The Labute approximate surface area is 599 Å². The van der Waals surface area contributed by atoms with E-state index in [1.807, 2.05) is 6.92 Å². The van der Waals surface area contributed by atoms with Gasteiger partial charge in [0.15, 0.2) is 0 Å². The predicted molar refractivity (Wildman–Crippen MR) is 381 cm³/mol. The van der Waals surface area contributed by atoms with Crippen LogP contribution < -0.4 is 45.0 Å². The number of nitrogens with zero attached hydrogens (tertiary/aromatic N) is 8. The molecule has 5 unspecified atom stereocenters. The van der Waals surface area contributed by atoms with Gasteiger partial charge in [0.2, 0.25) is 0 Å². The smallest absolute Gasteiger partial charge is 0.370 e. The van der Waals surface area contributed by atoms with Crippen LogP contribution in [0.15, 0.2) is 184 Å². The molecule has 105 heavy (non-hydrogen) atoms. The normalized spacial score (nSPS) is 12.4. The molecule has 32 nitrogen and oxygen atoms in total. The van der Waals surface area contributed by atoms with Gasteiger partial charge < -0.3 is 38.2 Å². The van der Waals surface area contributed by atoms with Crippen molar-refractivity contribution >= 4 is 49.1 Å². The van der Waals surface area contributed by atoms with E-state index in [2.05, 4.69) is 4.74 Å². The van der Waals surface area contributed by atoms with Crippen LogP contribution in [0, 0.1) is 27.7 Å². The second-order valence-corrected chi connectivity index (χ2v) is 25.6. The van der Waals surface area contributed by atoms with Crippen LogP contribution in [0.3, 0.4) is 0 Å². The Kier molecular flexibility index (Phi) is 31.7. The minimum atomic E-state index is -4.02. The van der Waals surface area contributed by atoms with Crippen molar-refractivity contribution in [3.63, 3.8) is 0 Å². The summed E-state index contributed by atoms with van der Waals surface area (Å²) in [4.78, 5) is 185. The van der Waals surface area contributed by atoms with Gasteiger partial charge in [-0.3, -0.25) is 70.8 Å². The van der Waals surface area contributed by atoms with Gasteiger partial charge in [-0.2, -0.15) is 18.3 Å². The van der Waals surface area contributed by atoms with Gasteiger partial charge in [0, 0.05) is 97.4 Å². The number of methoxy groups -OCH3 is 1. The van der Waals surface area contributed by atoms with E-state index in [-0.39, 0.29) is 77.1 Å². The lowest BCUT2D eigenvalue weighted by Crippen LogP contribution is -2.46. The molecular weight excluding hydrogens is 1390 g/mol. The third kappa shape index (κ3) is 21.9. The van der Waals surface area contributed by atoms with Crippen LogP contribution in [-0.4, -0.2) is 146 Å². The van der Waals surface area contributed by atoms with Gasteiger partial charge in [0.1, 0.15) is 12.2 Å². The van der Waals surface area contributed by atoms with E-state index in [1.165, 1.54) is 112 Å². The van der Waals surface area contributed by atoms with Crippen molar-refractivity contribution in [1.29, 1.82) is 0 Å². The average Bonchev–Trinajstić information content (AvgIpc) is 0.808. The van der Waals surface area contributed by atoms with Crippen molar-refractivity contribution in [3.05, 3.63) is 274 Å². The fourth-order valence-corrected chi connectivity index (χ4v) is 11.2. The zero-order valence-corrected chi connectivity index (χ0v) is 60.7. The number of aromatic nitrogens is 8. The van der Waals surface area contributed by atoms with Crippen molar-refractivity contribution in [1.82, 2.24) is 36.5 Å². The van der Waals surface area contributed by atoms with Crippen LogP contribution >= 0.6 is 7.60 Å². The van der Waals surface area contributed by atoms with E-state index in [0.29, 0.717) is 31.1 Å². The Hall–Kier alpha value is -11.3. The van der Waals surface area contributed by atoms with Crippen LogP contribution in [0.5, 0.6) is 0 Å². The summed E-state index contributed by atoms with van der Waals surface area (Å²) in [6.45, 7) is 13.0. The summed E-state index contributed by atoms with van der Waals surface area (Å²) in [7, 11) is -0.731. The number of benzene rings is 4. The molecule has 0 fully saturated rings. The Balaban J connectivity index is 0.000000254. The third-order valence-electron chi connectivity index (χ3n) is 15.6. The molecule has 0 spiro atoms. The number of carbonyl (C=O) groups excluding carboxylic acids is 7. The highest BCUT2D eigenvalue weighted by Gasteiger charge is 2.44. The molecular formula is C72H83N8O24P. The highest BCUT2D eigenvalue weighted by atomic mass is 31.2. The summed E-state index contributed by atoms with van der Waals surface area (Å²) in [5.41, 5.74) is -4.29. The van der Waals surface area contributed by atoms with Crippen LogP contribution in [0.1, 0.15) is 118 Å². The van der Waals surface area contributed by atoms with Crippen molar-refractivity contribution in [3.8, 4) is 0 Å². The van der Waals surface area contributed by atoms with Crippen molar-refractivity contribution in [2.45, 2.75) is 138 Å². The molecule has 5 atom stereocenters. The molecule has 0 saturated carbocycles. The molecule has 0 bridgehead atoms. The second-order valence-electron chi connectivity index (χ2n) is 23.3. The maximum absolute atomic E-state index is 13.0. The Morgan fingerprint density at radius 2 is 0.676 bits per heavy atom. The first-order chi connectivity index (χ1) is 49.8. The molecule has 33 heteroatoms. The first-order valence-electron chi connectivity index (χ1n) is 32.6. The largest absolute Gasteiger partial charge is 0.467 e. The number of carbonyl (C=O) groups is 7. The van der Waals surface area contributed by atoms with E-state index >= 15 is 0 Å². The number of ether oxygens (including phenoxy) is 4. The molecule has 0 aliphatic carbocycles. The number of aliphatic hydroxyl groups excluding tert-OH is 2. The number of hydrogen-bond acceptors (Lipinski definition) is 24. The molecule has 4 heterocycles. The number of esters is 3. The quantitative estimate of drug-likeness (QED) is 0.0493. The minimum Gasteiger partial charge on any atom is -0.467 e. The Morgan fingerprint density at radius 3 is 0.924 bits per heavy atom. The van der Waals surface area contributed by atoms with Gasteiger partial charge in [-0.25, -0.2) is 24.0 Å². The summed E-state index contributed by atoms with van der Waals surface area (Å²) < 4.78 is 49.9. The van der Waals surface area contributed by atoms with Gasteiger partial charge >= 0.3 is 48.3 Å². The lowest BCUT2D eigenvalue weighted by Gasteiger charge is -2.27. The molecule has 0 saturated heterocycles. The lowest BCUT2D eigenvalue weighted by molar-refractivity contribution is -0.153. The molecule has 4 aromatic carbocycles. The number of hydrogen-bond donors (Lipinski definition) is 2. The zero-order chi connectivity index (χ0) is 78.2. The second kappa shape index (κ2) is 39.4. The van der Waals surface area contributed by atoms with Gasteiger partial charge in [0.25, 0.3) is 51.7 Å². The topological polar surface area (TPSA) is 408 Å². The van der Waals surface area contributed by atoms with Gasteiger partial charge in [-0.15, -0.1) is 0 Å². The fourth-order valence-electron chi connectivity index (χ4n) is 9.96. The highest BCUT2D eigenvalue weighted by Crippen LogP contribution is 2.53. The molecule has 560 valence electrons. The number of rotatable bonds is 24. The average molecular weight is 1480 g/mol. The van der Waals surface area contributed by atoms with Crippen LogP contribution in [0.2, 0.25) is 0 Å². The summed E-state index contributed by atoms with van der Waals surface area (Å²) in [5.74, 6) is -6.62. The number of aliphatic hydroxyl groups is 2. The van der Waals surface area contributed by atoms with E-state index < -0.39 is 131 Å². The van der Waals surface area contributed by atoms with Gasteiger partial charge in [-0.05, 0) is 95.5 Å². The monoisotopic (exact) mass is 1470 g/mol. The molecule has 8 aromatic rings. The number of aryl methyl sites for hydroxylation is 4. The molecule has 0 aliphatic rings. The first kappa shape index (κ1) is 84.4. The predicted octanol–water partition coefficient (Wildman–Crippen LogP) is 3.84. The summed E-state index contributed by atoms with van der Waals surface area (Å²) in [6.07, 6.45) is 3.52. The van der Waals surface area contributed by atoms with E-state index in [1.54, 1.807) is 98.8 Å². The molecule has 2 N–H and O–H groups in total. The molecule has 0 aliphatic heterocycles. The van der Waals surface area contributed by atoms with Crippen LogP contribution in [0.4, 0.5) is 0 Å². The Morgan fingerprint density at radius 1 is 0.410 bits per heavy atom. The van der Waals surface area contributed by atoms with Crippen LogP contribution in [-0.2, 0) is 73.1 Å². The zero-order valence-electron chi connectivity index (χ0n) is 59.8. The standard InChI is InChI=1S/C21H27N2O9P.C18H20N2O5.C17H18N2O6.C16H18N2O4/c1-6-16(32-20(19(26)29-3)33(28,30-4)31-5)13-22-12-14(2)17(24)23(21(22)27)18(25)15-10-8-7-9-11-15;1-4-15(25-13(3)21)11-19-10-12(2)16(22)20(18(19)24)17(23)14-8-6-5-7-9-14;1-11-8-18(9-14(10-20)25-12(2)21)17(24)19(15(11)22)16(23)13-6-4-3-5-7-13;1-3-13(19)10-17-9-11(2)14(20)18(16(17)22)15(21)12-7-5-4-6-8-12/h7-12,16,20H,6,13H2,1-5H3;5-10,15H,4,11H2,1-3H3;3-8,14,20H,9-10H2,1-2H3;4-9,13,19H,3,10H2,1-2H3. The van der Waals surface area contributed by atoms with Gasteiger partial charge in [0.05, 0.1) is 52.1 Å². The lowest BCUT2D eigenvalue weighted by atomic mass is 10.2. The summed E-state index contributed by atoms with van der Waals surface area (Å²) in [6, 6.07) is 32.1. The van der Waals surface area contributed by atoms with Crippen molar-refractivity contribution in [2.75, 3.05) is 27.9 Å². The van der Waals surface area contributed by atoms with Crippen molar-refractivity contribution in [2.24, 2.45) is 0 Å². The van der Waals surface area contributed by atoms with Crippen LogP contribution in [0.25, 0.3) is 0 Å². The fraction of sp³-hybridized carbons (Fsp3) is 0.347. The molecule has 0 amide bonds. The van der Waals surface area contributed by atoms with Gasteiger partial charge in [-0.1, -0.05) is 93.6 Å². The SMILES string of the molecule is CC(=O)OC(CO)Cn1cc(C)c(=O)n(C(=O)c2ccccc2)c1=O.CCC(Cn1cc(C)c(=O)n(C(=O)c2ccccc2)c1=O)OC(C(=O)OC)P(=O)(OC)OC.CCC(Cn1cc(C)c(=O)n(C(=O)c2ccccc2)c1=O)OC(C)=O.CCC(O)Cn1cc(C)c(=O)n(C(=O)c2ccccc2)c1=O. The van der Waals surface area contributed by atoms with Crippen molar-refractivity contribution < 1.29 is 76.3 Å². The third-order valence-corrected chi connectivity index (χ3v) is 17.5. The maximum Gasteiger partial charge on any atom is 0.370 e. The maximum atomic E-state index is 13.0. The van der Waals surface area contributed by atoms with E-state index in [9.17, 15) is 86.7 Å². The minimum absolute atomic E-state index is 0.0402. The molecule has 0 radical (unpaired) electrons. The molecule has 4 aromatic heterocycles. The first-order valence-corrected chi connectivity index (χ1v) is 34.2. The Bertz CT molecular complexity index is 4820.